The monoisotopic (exact) mass is 477 g/mol. The van der Waals surface area contributed by atoms with Crippen molar-refractivity contribution < 1.29 is 22.4 Å². The summed E-state index contributed by atoms with van der Waals surface area (Å²) in [5.74, 6) is -1.30. The number of carbonyl (C=O) groups excluding carboxylic acids is 2. The summed E-state index contributed by atoms with van der Waals surface area (Å²) < 4.78 is 38.2. The summed E-state index contributed by atoms with van der Waals surface area (Å²) in [6.45, 7) is 2.12. The van der Waals surface area contributed by atoms with Crippen molar-refractivity contribution in [2.75, 3.05) is 26.4 Å². The predicted octanol–water partition coefficient (Wildman–Crippen LogP) is 3.09. The second-order valence-electron chi connectivity index (χ2n) is 7.98. The number of amides is 2. The minimum absolute atomic E-state index is 0.0126. The van der Waals surface area contributed by atoms with Gasteiger partial charge in [0, 0.05) is 20.1 Å². The maximum atomic E-state index is 13.4. The molecule has 2 rings (SSSR count). The topological polar surface area (TPSA) is 86.8 Å². The summed E-state index contributed by atoms with van der Waals surface area (Å²) in [5.41, 5.74) is 1.22. The maximum Gasteiger partial charge on any atom is 0.247 e. The Kier molecular flexibility index (Phi) is 9.99. The van der Waals surface area contributed by atoms with Gasteiger partial charge < -0.3 is 10.2 Å². The van der Waals surface area contributed by atoms with E-state index in [0.29, 0.717) is 17.7 Å². The maximum absolute atomic E-state index is 13.4. The molecule has 33 heavy (non-hydrogen) atoms. The van der Waals surface area contributed by atoms with Crippen molar-refractivity contribution in [2.24, 2.45) is 0 Å². The van der Waals surface area contributed by atoms with Crippen LogP contribution in [0.1, 0.15) is 43.4 Å². The van der Waals surface area contributed by atoms with Gasteiger partial charge in [0.25, 0.3) is 0 Å². The van der Waals surface area contributed by atoms with Gasteiger partial charge in [0.2, 0.25) is 21.8 Å². The highest BCUT2D eigenvalue weighted by Gasteiger charge is 2.32. The van der Waals surface area contributed by atoms with E-state index in [9.17, 15) is 22.4 Å². The molecule has 2 aromatic carbocycles. The molecule has 0 saturated heterocycles. The standard InChI is InChI=1S/C24H32FN3O4S/c1-4-5-9-16-26-24(30)23(20-10-7-6-8-11-20)28(17-19-12-14-21(25)15-13-19)22(29)18-27(2)33(3,31)32/h6-8,10-15,23H,4-5,9,16-18H2,1-3H3,(H,26,30)/t23-/m1/s1. The first-order chi connectivity index (χ1) is 15.6. The molecule has 180 valence electrons. The number of sulfonamides is 1. The number of nitrogens with zero attached hydrogens (tertiary/aromatic N) is 2. The average molecular weight is 478 g/mol. The molecule has 0 aliphatic carbocycles. The molecular formula is C24H32FN3O4S. The summed E-state index contributed by atoms with van der Waals surface area (Å²) >= 11 is 0. The molecule has 2 amide bonds. The van der Waals surface area contributed by atoms with Gasteiger partial charge in [-0.15, -0.1) is 0 Å². The highest BCUT2D eigenvalue weighted by Crippen LogP contribution is 2.24. The number of likely N-dealkylation sites (N-methyl/N-ethyl adjacent to an activating group) is 1. The third-order valence-electron chi connectivity index (χ3n) is 5.27. The van der Waals surface area contributed by atoms with Gasteiger partial charge in [-0.25, -0.2) is 12.8 Å². The van der Waals surface area contributed by atoms with Gasteiger partial charge in [-0.3, -0.25) is 9.59 Å². The number of nitrogens with one attached hydrogen (secondary N) is 1. The molecule has 0 aliphatic rings. The minimum Gasteiger partial charge on any atom is -0.354 e. The molecule has 0 unspecified atom stereocenters. The fraction of sp³-hybridized carbons (Fsp3) is 0.417. The Morgan fingerprint density at radius 1 is 1.03 bits per heavy atom. The van der Waals surface area contributed by atoms with Gasteiger partial charge in [-0.05, 0) is 29.7 Å². The Labute approximate surface area is 195 Å². The van der Waals surface area contributed by atoms with Crippen molar-refractivity contribution in [1.29, 1.82) is 0 Å². The zero-order valence-corrected chi connectivity index (χ0v) is 20.1. The van der Waals surface area contributed by atoms with Crippen molar-refractivity contribution in [2.45, 2.75) is 38.8 Å². The fourth-order valence-electron chi connectivity index (χ4n) is 3.30. The molecule has 0 spiro atoms. The average Bonchev–Trinajstić information content (AvgIpc) is 2.77. The van der Waals surface area contributed by atoms with Crippen LogP contribution in [0, 0.1) is 5.82 Å². The van der Waals surface area contributed by atoms with Gasteiger partial charge in [0.1, 0.15) is 11.9 Å². The second kappa shape index (κ2) is 12.5. The van der Waals surface area contributed by atoms with E-state index in [1.807, 2.05) is 6.07 Å². The molecule has 0 bridgehead atoms. The van der Waals surface area contributed by atoms with Crippen molar-refractivity contribution >= 4 is 21.8 Å². The van der Waals surface area contributed by atoms with E-state index in [1.54, 1.807) is 24.3 Å². The van der Waals surface area contributed by atoms with E-state index in [2.05, 4.69) is 12.2 Å². The lowest BCUT2D eigenvalue weighted by Crippen LogP contribution is -2.47. The number of unbranched alkanes of at least 4 members (excludes halogenated alkanes) is 2. The Hall–Kier alpha value is -2.78. The van der Waals surface area contributed by atoms with E-state index in [0.717, 1.165) is 29.8 Å². The van der Waals surface area contributed by atoms with E-state index >= 15 is 0 Å². The number of halogens is 1. The molecule has 0 aliphatic heterocycles. The van der Waals surface area contributed by atoms with Crippen LogP contribution in [-0.4, -0.2) is 55.8 Å². The highest BCUT2D eigenvalue weighted by molar-refractivity contribution is 7.88. The quantitative estimate of drug-likeness (QED) is 0.476. The van der Waals surface area contributed by atoms with Crippen LogP contribution in [0.3, 0.4) is 0 Å². The lowest BCUT2D eigenvalue weighted by atomic mass is 10.0. The minimum atomic E-state index is -3.61. The Balaban J connectivity index is 2.42. The number of carbonyl (C=O) groups is 2. The summed E-state index contributed by atoms with van der Waals surface area (Å²) in [5, 5.41) is 2.91. The van der Waals surface area contributed by atoms with Crippen LogP contribution >= 0.6 is 0 Å². The Morgan fingerprint density at radius 3 is 2.24 bits per heavy atom. The molecule has 0 aromatic heterocycles. The van der Waals surface area contributed by atoms with Crippen LogP contribution in [0.2, 0.25) is 0 Å². The normalized spacial score (nSPS) is 12.4. The van der Waals surface area contributed by atoms with Crippen LogP contribution in [0.4, 0.5) is 4.39 Å². The molecule has 0 fully saturated rings. The fourth-order valence-corrected chi connectivity index (χ4v) is 3.64. The summed E-state index contributed by atoms with van der Waals surface area (Å²) in [6.07, 6.45) is 3.80. The SMILES string of the molecule is CCCCCNC(=O)[C@@H](c1ccccc1)N(Cc1ccc(F)cc1)C(=O)CN(C)S(C)(=O)=O. The van der Waals surface area contributed by atoms with E-state index in [1.165, 1.54) is 36.2 Å². The molecule has 7 nitrogen and oxygen atoms in total. The van der Waals surface area contributed by atoms with Crippen LogP contribution in [0.15, 0.2) is 54.6 Å². The third-order valence-corrected chi connectivity index (χ3v) is 6.53. The molecule has 2 aromatic rings. The van der Waals surface area contributed by atoms with Gasteiger partial charge in [-0.1, -0.05) is 62.2 Å². The lowest BCUT2D eigenvalue weighted by Gasteiger charge is -2.32. The molecule has 0 radical (unpaired) electrons. The molecule has 9 heteroatoms. The zero-order valence-electron chi connectivity index (χ0n) is 19.3. The van der Waals surface area contributed by atoms with Crippen molar-refractivity contribution in [3.05, 3.63) is 71.5 Å². The second-order valence-corrected chi connectivity index (χ2v) is 10.1. The number of benzene rings is 2. The van der Waals surface area contributed by atoms with Gasteiger partial charge in [0.15, 0.2) is 0 Å². The lowest BCUT2D eigenvalue weighted by molar-refractivity contribution is -0.141. The van der Waals surface area contributed by atoms with Gasteiger partial charge in [-0.2, -0.15) is 4.31 Å². The van der Waals surface area contributed by atoms with Gasteiger partial charge in [0.05, 0.1) is 12.8 Å². The molecule has 1 atom stereocenters. The van der Waals surface area contributed by atoms with Crippen LogP contribution in [-0.2, 0) is 26.2 Å². The summed E-state index contributed by atoms with van der Waals surface area (Å²) in [7, 11) is -2.29. The number of hydrogen-bond acceptors (Lipinski definition) is 4. The first-order valence-corrected chi connectivity index (χ1v) is 12.8. The summed E-state index contributed by atoms with van der Waals surface area (Å²) in [4.78, 5) is 28.0. The predicted molar refractivity (Wildman–Crippen MR) is 126 cm³/mol. The zero-order chi connectivity index (χ0) is 24.4. The van der Waals surface area contributed by atoms with Gasteiger partial charge >= 0.3 is 0 Å². The van der Waals surface area contributed by atoms with Crippen molar-refractivity contribution in [3.8, 4) is 0 Å². The van der Waals surface area contributed by atoms with E-state index in [4.69, 9.17) is 0 Å². The van der Waals surface area contributed by atoms with E-state index in [-0.39, 0.29) is 12.5 Å². The largest absolute Gasteiger partial charge is 0.354 e. The molecular weight excluding hydrogens is 445 g/mol. The van der Waals surface area contributed by atoms with Crippen molar-refractivity contribution in [1.82, 2.24) is 14.5 Å². The Morgan fingerprint density at radius 2 is 1.67 bits per heavy atom. The first kappa shape index (κ1) is 26.5. The summed E-state index contributed by atoms with van der Waals surface area (Å²) in [6, 6.07) is 13.5. The number of hydrogen-bond donors (Lipinski definition) is 1. The molecule has 0 saturated carbocycles. The highest BCUT2D eigenvalue weighted by atomic mass is 32.2. The third kappa shape index (κ3) is 8.25. The van der Waals surface area contributed by atoms with Crippen molar-refractivity contribution in [3.63, 3.8) is 0 Å². The number of rotatable bonds is 12. The van der Waals surface area contributed by atoms with E-state index < -0.39 is 34.3 Å². The van der Waals surface area contributed by atoms with Crippen LogP contribution in [0.5, 0.6) is 0 Å². The first-order valence-electron chi connectivity index (χ1n) is 10.9. The van der Waals surface area contributed by atoms with Crippen LogP contribution < -0.4 is 5.32 Å². The van der Waals surface area contributed by atoms with Crippen LogP contribution in [0.25, 0.3) is 0 Å². The molecule has 1 N–H and O–H groups in total. The Bertz CT molecular complexity index is 1010. The smallest absolute Gasteiger partial charge is 0.247 e. The molecule has 0 heterocycles.